The summed E-state index contributed by atoms with van der Waals surface area (Å²) in [6.07, 6.45) is 0.410. The normalized spacial score (nSPS) is 11.7. The van der Waals surface area contributed by atoms with Gasteiger partial charge in [0.1, 0.15) is 5.69 Å². The van der Waals surface area contributed by atoms with Crippen molar-refractivity contribution in [1.82, 2.24) is 4.98 Å². The van der Waals surface area contributed by atoms with Crippen LogP contribution in [0.5, 0.6) is 0 Å². The molecule has 0 spiro atoms. The van der Waals surface area contributed by atoms with E-state index in [0.29, 0.717) is 16.8 Å². The van der Waals surface area contributed by atoms with Crippen molar-refractivity contribution in [3.05, 3.63) is 53.3 Å². The third kappa shape index (κ3) is 5.13. The van der Waals surface area contributed by atoms with Gasteiger partial charge in [-0.2, -0.15) is 0 Å². The highest BCUT2D eigenvalue weighted by atomic mass is 16.5. The molecule has 142 valence electrons. The fourth-order valence-electron chi connectivity index (χ4n) is 2.23. The summed E-state index contributed by atoms with van der Waals surface area (Å²) in [6, 6.07) is 7.74. The number of hydrogen-bond donors (Lipinski definition) is 2. The molecule has 0 radical (unpaired) electrons. The van der Waals surface area contributed by atoms with E-state index in [0.717, 1.165) is 0 Å². The van der Waals surface area contributed by atoms with Gasteiger partial charge in [-0.3, -0.25) is 14.4 Å². The number of amides is 1. The molecular weight excluding hydrogens is 348 g/mol. The number of aromatic amines is 1. The Hall–Kier alpha value is -3.22. The average Bonchev–Trinajstić information content (AvgIpc) is 3.12. The molecule has 0 aliphatic rings. The number of benzene rings is 1. The smallest absolute Gasteiger partial charge is 0.355 e. The van der Waals surface area contributed by atoms with E-state index in [-0.39, 0.29) is 29.1 Å². The average molecular weight is 370 g/mol. The Morgan fingerprint density at radius 2 is 1.63 bits per heavy atom. The minimum absolute atomic E-state index is 0.103. The Morgan fingerprint density at radius 3 is 2.15 bits per heavy atom. The summed E-state index contributed by atoms with van der Waals surface area (Å²) in [7, 11) is 0. The molecular formula is C20H22N2O5. The summed E-state index contributed by atoms with van der Waals surface area (Å²) < 4.78 is 5.17. The van der Waals surface area contributed by atoms with Crippen LogP contribution in [-0.2, 0) is 9.53 Å². The van der Waals surface area contributed by atoms with Crippen LogP contribution >= 0.6 is 0 Å². The van der Waals surface area contributed by atoms with Gasteiger partial charge < -0.3 is 15.0 Å². The Kier molecular flexibility index (Phi) is 6.28. The lowest BCUT2D eigenvalue weighted by Gasteiger charge is -2.12. The largest absolute Gasteiger partial charge is 0.450 e. The molecule has 0 unspecified atom stereocenters. The topological polar surface area (TPSA) is 105 Å². The minimum Gasteiger partial charge on any atom is -0.450 e. The Labute approximate surface area is 157 Å². The number of ketones is 2. The third-order valence-electron chi connectivity index (χ3n) is 3.92. The van der Waals surface area contributed by atoms with Gasteiger partial charge in [-0.1, -0.05) is 13.8 Å². The van der Waals surface area contributed by atoms with E-state index in [1.54, 1.807) is 38.1 Å². The van der Waals surface area contributed by atoms with E-state index in [1.165, 1.54) is 26.1 Å². The lowest BCUT2D eigenvalue weighted by Crippen LogP contribution is -2.24. The summed E-state index contributed by atoms with van der Waals surface area (Å²) in [5.74, 6) is -1.54. The number of carbonyl (C=O) groups is 4. The zero-order chi connectivity index (χ0) is 20.1. The molecule has 1 atom stereocenters. The second-order valence-electron chi connectivity index (χ2n) is 6.49. The zero-order valence-electron chi connectivity index (χ0n) is 15.7. The number of esters is 1. The van der Waals surface area contributed by atoms with Crippen LogP contribution in [0.15, 0.2) is 36.5 Å². The number of H-pyrrole nitrogens is 1. The highest BCUT2D eigenvalue weighted by Gasteiger charge is 2.21. The quantitative estimate of drug-likeness (QED) is 0.575. The molecule has 1 amide bonds. The summed E-state index contributed by atoms with van der Waals surface area (Å²) in [6.45, 7) is 6.43. The van der Waals surface area contributed by atoms with Crippen molar-refractivity contribution in [3.63, 3.8) is 0 Å². The zero-order valence-corrected chi connectivity index (χ0v) is 15.7. The second-order valence-corrected chi connectivity index (χ2v) is 6.49. The first kappa shape index (κ1) is 20.1. The Bertz CT molecular complexity index is 865. The SMILES string of the molecule is CC(=O)c1c[nH]c(C(=O)O[C@H](C)C(=O)c2ccc(NC(=O)C(C)C)cc2)c1. The number of Topliss-reactive ketones (excluding diaryl/α,β-unsaturated/α-hetero) is 2. The van der Waals surface area contributed by atoms with Crippen LogP contribution in [0, 0.1) is 5.92 Å². The van der Waals surface area contributed by atoms with Gasteiger partial charge in [0.25, 0.3) is 0 Å². The molecule has 2 aromatic rings. The van der Waals surface area contributed by atoms with Crippen LogP contribution < -0.4 is 5.32 Å². The highest BCUT2D eigenvalue weighted by Crippen LogP contribution is 2.15. The number of ether oxygens (including phenoxy) is 1. The van der Waals surface area contributed by atoms with Gasteiger partial charge in [-0.25, -0.2) is 4.79 Å². The van der Waals surface area contributed by atoms with E-state index in [2.05, 4.69) is 10.3 Å². The van der Waals surface area contributed by atoms with E-state index in [9.17, 15) is 19.2 Å². The fraction of sp³-hybridized carbons (Fsp3) is 0.300. The van der Waals surface area contributed by atoms with Crippen LogP contribution in [0.1, 0.15) is 58.9 Å². The maximum atomic E-state index is 12.4. The number of anilines is 1. The van der Waals surface area contributed by atoms with Crippen molar-refractivity contribution in [1.29, 1.82) is 0 Å². The molecule has 7 heteroatoms. The van der Waals surface area contributed by atoms with Gasteiger partial charge in [0.15, 0.2) is 11.9 Å². The summed E-state index contributed by atoms with van der Waals surface area (Å²) in [5, 5.41) is 2.73. The molecule has 0 bridgehead atoms. The summed E-state index contributed by atoms with van der Waals surface area (Å²) in [5.41, 5.74) is 1.40. The van der Waals surface area contributed by atoms with Gasteiger partial charge in [-0.05, 0) is 44.2 Å². The van der Waals surface area contributed by atoms with Crippen molar-refractivity contribution < 1.29 is 23.9 Å². The van der Waals surface area contributed by atoms with Crippen molar-refractivity contribution in [2.24, 2.45) is 5.92 Å². The summed E-state index contributed by atoms with van der Waals surface area (Å²) in [4.78, 5) is 50.2. The molecule has 0 saturated heterocycles. The van der Waals surface area contributed by atoms with Crippen molar-refractivity contribution in [2.45, 2.75) is 33.8 Å². The van der Waals surface area contributed by atoms with E-state index < -0.39 is 12.1 Å². The first-order chi connectivity index (χ1) is 12.7. The van der Waals surface area contributed by atoms with Crippen molar-refractivity contribution in [3.8, 4) is 0 Å². The van der Waals surface area contributed by atoms with E-state index in [4.69, 9.17) is 4.74 Å². The van der Waals surface area contributed by atoms with Gasteiger partial charge in [-0.15, -0.1) is 0 Å². The van der Waals surface area contributed by atoms with Crippen LogP contribution in [0.3, 0.4) is 0 Å². The van der Waals surface area contributed by atoms with E-state index >= 15 is 0 Å². The first-order valence-corrected chi connectivity index (χ1v) is 8.54. The van der Waals surface area contributed by atoms with Gasteiger partial charge in [0.05, 0.1) is 0 Å². The molecule has 0 fully saturated rings. The molecule has 7 nitrogen and oxygen atoms in total. The maximum absolute atomic E-state index is 12.4. The Balaban J connectivity index is 2.00. The number of aromatic nitrogens is 1. The van der Waals surface area contributed by atoms with E-state index in [1.807, 2.05) is 0 Å². The molecule has 1 aromatic carbocycles. The van der Waals surface area contributed by atoms with Gasteiger partial charge in [0.2, 0.25) is 11.7 Å². The molecule has 1 heterocycles. The number of rotatable bonds is 7. The third-order valence-corrected chi connectivity index (χ3v) is 3.92. The number of hydrogen-bond acceptors (Lipinski definition) is 5. The molecule has 0 aliphatic carbocycles. The number of carbonyl (C=O) groups excluding carboxylic acids is 4. The first-order valence-electron chi connectivity index (χ1n) is 8.54. The standard InChI is InChI=1S/C20H22N2O5/c1-11(2)19(25)22-16-7-5-14(6-8-16)18(24)13(4)27-20(26)17-9-15(10-21-17)12(3)23/h5-11,13,21H,1-4H3,(H,22,25)/t13-/m1/s1. The lowest BCUT2D eigenvalue weighted by atomic mass is 10.1. The maximum Gasteiger partial charge on any atom is 0.355 e. The lowest BCUT2D eigenvalue weighted by molar-refractivity contribution is -0.118. The molecule has 0 saturated carbocycles. The number of nitrogens with one attached hydrogen (secondary N) is 2. The van der Waals surface area contributed by atoms with Crippen LogP contribution in [0.2, 0.25) is 0 Å². The minimum atomic E-state index is -1.00. The molecule has 2 rings (SSSR count). The highest BCUT2D eigenvalue weighted by molar-refractivity contribution is 6.02. The van der Waals surface area contributed by atoms with Crippen LogP contribution in [0.4, 0.5) is 5.69 Å². The van der Waals surface area contributed by atoms with Gasteiger partial charge in [0, 0.05) is 28.9 Å². The monoisotopic (exact) mass is 370 g/mol. The van der Waals surface area contributed by atoms with Crippen molar-refractivity contribution in [2.75, 3.05) is 5.32 Å². The predicted octanol–water partition coefficient (Wildman–Crippen LogP) is 3.24. The molecule has 1 aromatic heterocycles. The molecule has 0 aliphatic heterocycles. The molecule has 2 N–H and O–H groups in total. The summed E-state index contributed by atoms with van der Waals surface area (Å²) >= 11 is 0. The van der Waals surface area contributed by atoms with Crippen molar-refractivity contribution >= 4 is 29.1 Å². The fourth-order valence-corrected chi connectivity index (χ4v) is 2.23. The second kappa shape index (κ2) is 8.44. The molecule has 27 heavy (non-hydrogen) atoms. The van der Waals surface area contributed by atoms with Gasteiger partial charge >= 0.3 is 5.97 Å². The van der Waals surface area contributed by atoms with Crippen LogP contribution in [0.25, 0.3) is 0 Å². The van der Waals surface area contributed by atoms with Crippen LogP contribution in [-0.4, -0.2) is 34.5 Å². The Morgan fingerprint density at radius 1 is 1.00 bits per heavy atom. The predicted molar refractivity (Wildman–Crippen MR) is 99.9 cm³/mol.